The maximum Gasteiger partial charge on any atom is 0.235 e. The van der Waals surface area contributed by atoms with E-state index in [1.54, 1.807) is 0 Å². The number of nitrogens with zero attached hydrogens (tertiary/aromatic N) is 1. The fourth-order valence-corrected chi connectivity index (χ4v) is 2.84. The van der Waals surface area contributed by atoms with E-state index in [4.69, 9.17) is 0 Å². The minimum Gasteiger partial charge on any atom is -0.312 e. The third kappa shape index (κ3) is 2.30. The van der Waals surface area contributed by atoms with Gasteiger partial charge in [-0.15, -0.1) is 0 Å². The number of hydrogen-bond acceptors (Lipinski definition) is 3. The molecule has 2 rings (SSSR count). The van der Waals surface area contributed by atoms with Crippen molar-refractivity contribution in [2.45, 2.75) is 52.5 Å². The molecule has 0 aliphatic carbocycles. The largest absolute Gasteiger partial charge is 0.312 e. The van der Waals surface area contributed by atoms with Crippen LogP contribution < -0.4 is 5.32 Å². The zero-order valence-corrected chi connectivity index (χ0v) is 11.7. The third-order valence-corrected chi connectivity index (χ3v) is 4.64. The van der Waals surface area contributed by atoms with Gasteiger partial charge in [0.1, 0.15) is 0 Å². The summed E-state index contributed by atoms with van der Waals surface area (Å²) in [5.41, 5.74) is -0.494. The summed E-state index contributed by atoms with van der Waals surface area (Å²) in [4.78, 5) is 26.0. The summed E-state index contributed by atoms with van der Waals surface area (Å²) < 4.78 is 0. The normalized spacial score (nSPS) is 33.6. The van der Waals surface area contributed by atoms with E-state index in [2.05, 4.69) is 5.32 Å². The molecule has 0 bridgehead atoms. The molecule has 0 saturated carbocycles. The molecule has 0 aromatic rings. The lowest BCUT2D eigenvalue weighted by Crippen LogP contribution is -2.47. The van der Waals surface area contributed by atoms with Gasteiger partial charge < -0.3 is 5.32 Å². The second-order valence-corrected chi connectivity index (χ2v) is 6.21. The summed E-state index contributed by atoms with van der Waals surface area (Å²) in [6, 6.07) is 0.293. The highest BCUT2D eigenvalue weighted by molar-refractivity contribution is 6.05. The number of carbonyl (C=O) groups is 2. The SMILES string of the molecule is CC(C)C1(C)CC(=O)N(CC2CCCCN2)C1=O. The average Bonchev–Trinajstić information content (AvgIpc) is 2.56. The van der Waals surface area contributed by atoms with Crippen molar-refractivity contribution in [1.82, 2.24) is 10.2 Å². The van der Waals surface area contributed by atoms with Crippen LogP contribution in [0, 0.1) is 11.3 Å². The van der Waals surface area contributed by atoms with E-state index in [0.717, 1.165) is 13.0 Å². The Kier molecular flexibility index (Phi) is 3.76. The molecule has 0 aromatic carbocycles. The van der Waals surface area contributed by atoms with Gasteiger partial charge in [-0.3, -0.25) is 14.5 Å². The fourth-order valence-electron chi connectivity index (χ4n) is 2.84. The molecule has 0 spiro atoms. The third-order valence-electron chi connectivity index (χ3n) is 4.64. The Hall–Kier alpha value is -0.900. The molecular weight excluding hydrogens is 228 g/mol. The van der Waals surface area contributed by atoms with E-state index >= 15 is 0 Å². The van der Waals surface area contributed by atoms with E-state index < -0.39 is 5.41 Å². The van der Waals surface area contributed by atoms with Crippen LogP contribution in [0.1, 0.15) is 46.5 Å². The number of likely N-dealkylation sites (tertiary alicyclic amines) is 1. The summed E-state index contributed by atoms with van der Waals surface area (Å²) in [6.45, 7) is 7.52. The second-order valence-electron chi connectivity index (χ2n) is 6.21. The van der Waals surface area contributed by atoms with Crippen molar-refractivity contribution >= 4 is 11.8 Å². The zero-order valence-electron chi connectivity index (χ0n) is 11.7. The molecule has 2 heterocycles. The Morgan fingerprint density at radius 1 is 1.39 bits per heavy atom. The fraction of sp³-hybridized carbons (Fsp3) is 0.857. The van der Waals surface area contributed by atoms with Gasteiger partial charge in [0.25, 0.3) is 0 Å². The van der Waals surface area contributed by atoms with Crippen LogP contribution in [0.5, 0.6) is 0 Å². The number of carbonyl (C=O) groups excluding carboxylic acids is 2. The zero-order chi connectivity index (χ0) is 13.3. The van der Waals surface area contributed by atoms with Crippen molar-refractivity contribution in [2.75, 3.05) is 13.1 Å². The first-order chi connectivity index (χ1) is 8.45. The van der Waals surface area contributed by atoms with E-state index in [9.17, 15) is 9.59 Å². The molecule has 2 fully saturated rings. The molecular formula is C14H24N2O2. The molecule has 18 heavy (non-hydrogen) atoms. The number of amides is 2. The van der Waals surface area contributed by atoms with Crippen LogP contribution in [0.25, 0.3) is 0 Å². The van der Waals surface area contributed by atoms with Gasteiger partial charge >= 0.3 is 0 Å². The predicted molar refractivity (Wildman–Crippen MR) is 69.9 cm³/mol. The molecule has 2 amide bonds. The highest BCUT2D eigenvalue weighted by Gasteiger charge is 2.50. The predicted octanol–water partition coefficient (Wildman–Crippen LogP) is 1.55. The maximum absolute atomic E-state index is 12.4. The number of hydrogen-bond donors (Lipinski definition) is 1. The standard InChI is InChI=1S/C14H24N2O2/c1-10(2)14(3)8-12(17)16(13(14)18)9-11-6-4-5-7-15-11/h10-11,15H,4-9H2,1-3H3. The molecule has 4 nitrogen and oxygen atoms in total. The lowest BCUT2D eigenvalue weighted by Gasteiger charge is -2.29. The maximum atomic E-state index is 12.4. The van der Waals surface area contributed by atoms with Gasteiger partial charge in [0.2, 0.25) is 11.8 Å². The van der Waals surface area contributed by atoms with Crippen LogP contribution in [0.4, 0.5) is 0 Å². The van der Waals surface area contributed by atoms with Crippen molar-refractivity contribution < 1.29 is 9.59 Å². The molecule has 4 heteroatoms. The molecule has 2 saturated heterocycles. The van der Waals surface area contributed by atoms with Crippen LogP contribution in [0.15, 0.2) is 0 Å². The summed E-state index contributed by atoms with van der Waals surface area (Å²) in [5.74, 6) is 0.233. The van der Waals surface area contributed by atoms with Gasteiger partial charge in [0.15, 0.2) is 0 Å². The summed E-state index contributed by atoms with van der Waals surface area (Å²) in [7, 11) is 0. The smallest absolute Gasteiger partial charge is 0.235 e. The van der Waals surface area contributed by atoms with E-state index in [0.29, 0.717) is 19.0 Å². The Balaban J connectivity index is 2.05. The molecule has 2 unspecified atom stereocenters. The first kappa shape index (κ1) is 13.5. The van der Waals surface area contributed by atoms with Gasteiger partial charge in [-0.25, -0.2) is 0 Å². The minimum atomic E-state index is -0.494. The lowest BCUT2D eigenvalue weighted by atomic mass is 9.78. The van der Waals surface area contributed by atoms with Gasteiger partial charge in [-0.1, -0.05) is 20.3 Å². The molecule has 2 atom stereocenters. The molecule has 0 radical (unpaired) electrons. The lowest BCUT2D eigenvalue weighted by molar-refractivity contribution is -0.142. The summed E-state index contributed by atoms with van der Waals surface area (Å²) in [6.07, 6.45) is 3.82. The average molecular weight is 252 g/mol. The summed E-state index contributed by atoms with van der Waals surface area (Å²) in [5, 5.41) is 3.40. The van der Waals surface area contributed by atoms with Crippen molar-refractivity contribution in [3.05, 3.63) is 0 Å². The van der Waals surface area contributed by atoms with Crippen molar-refractivity contribution in [2.24, 2.45) is 11.3 Å². The van der Waals surface area contributed by atoms with Gasteiger partial charge in [0.05, 0.1) is 5.41 Å². The van der Waals surface area contributed by atoms with Crippen LogP contribution >= 0.6 is 0 Å². The quantitative estimate of drug-likeness (QED) is 0.775. The molecule has 2 aliphatic heterocycles. The van der Waals surface area contributed by atoms with Crippen LogP contribution in [0.2, 0.25) is 0 Å². The Morgan fingerprint density at radius 2 is 2.11 bits per heavy atom. The van der Waals surface area contributed by atoms with Gasteiger partial charge in [0, 0.05) is 19.0 Å². The minimum absolute atomic E-state index is 0.00331. The van der Waals surface area contributed by atoms with Gasteiger partial charge in [-0.2, -0.15) is 0 Å². The Bertz CT molecular complexity index is 348. The van der Waals surface area contributed by atoms with E-state index in [-0.39, 0.29) is 17.7 Å². The Morgan fingerprint density at radius 3 is 2.61 bits per heavy atom. The number of rotatable bonds is 3. The molecule has 2 aliphatic rings. The van der Waals surface area contributed by atoms with Crippen molar-refractivity contribution in [3.63, 3.8) is 0 Å². The van der Waals surface area contributed by atoms with Crippen LogP contribution in [0.3, 0.4) is 0 Å². The molecule has 1 N–H and O–H groups in total. The van der Waals surface area contributed by atoms with Crippen molar-refractivity contribution in [3.8, 4) is 0 Å². The molecule has 102 valence electrons. The number of nitrogens with one attached hydrogen (secondary N) is 1. The highest BCUT2D eigenvalue weighted by atomic mass is 16.2. The molecule has 0 aromatic heterocycles. The number of piperidine rings is 1. The first-order valence-electron chi connectivity index (χ1n) is 7.03. The van der Waals surface area contributed by atoms with Gasteiger partial charge in [-0.05, 0) is 32.2 Å². The highest BCUT2D eigenvalue weighted by Crippen LogP contribution is 2.39. The van der Waals surface area contributed by atoms with Crippen molar-refractivity contribution in [1.29, 1.82) is 0 Å². The Labute approximate surface area is 109 Å². The van der Waals surface area contributed by atoms with Crippen LogP contribution in [-0.2, 0) is 9.59 Å². The summed E-state index contributed by atoms with van der Waals surface area (Å²) >= 11 is 0. The second kappa shape index (κ2) is 5.00. The first-order valence-corrected chi connectivity index (χ1v) is 7.03. The van der Waals surface area contributed by atoms with Crippen LogP contribution in [-0.4, -0.2) is 35.8 Å². The topological polar surface area (TPSA) is 49.4 Å². The monoisotopic (exact) mass is 252 g/mol. The number of imide groups is 1. The van der Waals surface area contributed by atoms with E-state index in [1.807, 2.05) is 20.8 Å². The van der Waals surface area contributed by atoms with E-state index in [1.165, 1.54) is 17.7 Å².